The van der Waals surface area contributed by atoms with Gasteiger partial charge in [-0.05, 0) is 32.0 Å². The van der Waals surface area contributed by atoms with Crippen LogP contribution in [0.2, 0.25) is 0 Å². The Labute approximate surface area is 125 Å². The van der Waals surface area contributed by atoms with Crippen LogP contribution in [-0.2, 0) is 6.54 Å². The van der Waals surface area contributed by atoms with Gasteiger partial charge in [0.2, 0.25) is 0 Å². The molecule has 1 aromatic heterocycles. The second kappa shape index (κ2) is 7.38. The van der Waals surface area contributed by atoms with E-state index in [2.05, 4.69) is 15.3 Å². The van der Waals surface area contributed by atoms with Crippen molar-refractivity contribution in [3.63, 3.8) is 0 Å². The maximum atomic E-state index is 12.3. The number of anilines is 1. The van der Waals surface area contributed by atoms with Crippen LogP contribution in [0.4, 0.5) is 5.69 Å². The van der Waals surface area contributed by atoms with Crippen molar-refractivity contribution in [2.45, 2.75) is 20.4 Å². The minimum absolute atomic E-state index is 0.0585. The van der Waals surface area contributed by atoms with Gasteiger partial charge in [0, 0.05) is 36.7 Å². The molecule has 5 heteroatoms. The van der Waals surface area contributed by atoms with Gasteiger partial charge in [0.25, 0.3) is 5.91 Å². The first kappa shape index (κ1) is 15.0. The molecule has 0 fully saturated rings. The number of benzene rings is 1. The topological polar surface area (TPSA) is 58.1 Å². The molecule has 21 heavy (non-hydrogen) atoms. The molecule has 0 atom stereocenters. The number of carbonyl (C=O) groups excluding carboxylic acids is 1. The van der Waals surface area contributed by atoms with Crippen LogP contribution in [0.3, 0.4) is 0 Å². The minimum atomic E-state index is 0.0585. The van der Waals surface area contributed by atoms with Crippen molar-refractivity contribution >= 4 is 11.6 Å². The highest BCUT2D eigenvalue weighted by Crippen LogP contribution is 2.13. The second-order valence-electron chi connectivity index (χ2n) is 4.61. The molecule has 2 aromatic rings. The van der Waals surface area contributed by atoms with Gasteiger partial charge in [-0.25, -0.2) is 0 Å². The predicted octanol–water partition coefficient (Wildman–Crippen LogP) is 2.57. The Hall–Kier alpha value is -2.43. The average molecular weight is 284 g/mol. The molecule has 0 saturated carbocycles. The lowest BCUT2D eigenvalue weighted by Gasteiger charge is -2.19. The number of hydrogen-bond donors (Lipinski definition) is 1. The number of carbonyl (C=O) groups is 1. The number of amides is 1. The van der Waals surface area contributed by atoms with Crippen LogP contribution in [0, 0.1) is 0 Å². The normalized spacial score (nSPS) is 10.2. The molecule has 1 N–H and O–H groups in total. The van der Waals surface area contributed by atoms with Crippen LogP contribution in [0.15, 0.2) is 42.9 Å². The molecule has 1 heterocycles. The highest BCUT2D eigenvalue weighted by Gasteiger charge is 2.12. The highest BCUT2D eigenvalue weighted by molar-refractivity contribution is 5.95. The molecule has 0 spiro atoms. The van der Waals surface area contributed by atoms with Gasteiger partial charge in [-0.15, -0.1) is 0 Å². The first-order chi connectivity index (χ1) is 10.2. The molecule has 0 aliphatic heterocycles. The van der Waals surface area contributed by atoms with Gasteiger partial charge in [0.1, 0.15) is 0 Å². The molecule has 0 unspecified atom stereocenters. The Morgan fingerprint density at radius 2 is 2.05 bits per heavy atom. The Morgan fingerprint density at radius 3 is 2.71 bits per heavy atom. The van der Waals surface area contributed by atoms with E-state index in [1.54, 1.807) is 18.6 Å². The van der Waals surface area contributed by atoms with Crippen LogP contribution in [0.25, 0.3) is 0 Å². The maximum Gasteiger partial charge on any atom is 0.253 e. The summed E-state index contributed by atoms with van der Waals surface area (Å²) in [6.45, 7) is 5.98. The average Bonchev–Trinajstić information content (AvgIpc) is 2.55. The molecule has 1 amide bonds. The zero-order valence-electron chi connectivity index (χ0n) is 12.4. The van der Waals surface area contributed by atoms with E-state index >= 15 is 0 Å². The van der Waals surface area contributed by atoms with Crippen molar-refractivity contribution in [2.75, 3.05) is 18.4 Å². The van der Waals surface area contributed by atoms with E-state index < -0.39 is 0 Å². The van der Waals surface area contributed by atoms with E-state index in [1.807, 2.05) is 43.0 Å². The van der Waals surface area contributed by atoms with Gasteiger partial charge in [-0.1, -0.05) is 6.07 Å². The van der Waals surface area contributed by atoms with Crippen molar-refractivity contribution < 1.29 is 4.79 Å². The maximum absolute atomic E-state index is 12.3. The van der Waals surface area contributed by atoms with E-state index in [1.165, 1.54) is 0 Å². The Kier molecular flexibility index (Phi) is 5.26. The fourth-order valence-corrected chi connectivity index (χ4v) is 2.07. The molecular formula is C16H20N4O. The highest BCUT2D eigenvalue weighted by atomic mass is 16.2. The summed E-state index contributed by atoms with van der Waals surface area (Å²) in [4.78, 5) is 22.3. The Bertz CT molecular complexity index is 582. The molecule has 1 aromatic carbocycles. The molecule has 5 nitrogen and oxygen atoms in total. The zero-order chi connectivity index (χ0) is 15.1. The minimum Gasteiger partial charge on any atom is -0.379 e. The van der Waals surface area contributed by atoms with E-state index in [-0.39, 0.29) is 5.91 Å². The third-order valence-electron chi connectivity index (χ3n) is 3.25. The predicted molar refractivity (Wildman–Crippen MR) is 83.1 cm³/mol. The Morgan fingerprint density at radius 1 is 1.24 bits per heavy atom. The lowest BCUT2D eigenvalue weighted by Crippen LogP contribution is -2.30. The molecule has 0 radical (unpaired) electrons. The number of hydrogen-bond acceptors (Lipinski definition) is 4. The SMILES string of the molecule is CCN(CC)C(=O)c1cccc(NCc2cnccn2)c1. The summed E-state index contributed by atoms with van der Waals surface area (Å²) in [6.07, 6.45) is 5.03. The number of nitrogens with zero attached hydrogens (tertiary/aromatic N) is 3. The van der Waals surface area contributed by atoms with E-state index in [0.29, 0.717) is 25.2 Å². The van der Waals surface area contributed by atoms with Crippen molar-refractivity contribution in [2.24, 2.45) is 0 Å². The van der Waals surface area contributed by atoms with Crippen molar-refractivity contribution in [3.8, 4) is 0 Å². The van der Waals surface area contributed by atoms with E-state index in [9.17, 15) is 4.79 Å². The smallest absolute Gasteiger partial charge is 0.253 e. The van der Waals surface area contributed by atoms with Crippen LogP contribution in [0.5, 0.6) is 0 Å². The lowest BCUT2D eigenvalue weighted by atomic mass is 10.1. The summed E-state index contributed by atoms with van der Waals surface area (Å²) in [5, 5.41) is 3.26. The van der Waals surface area contributed by atoms with Gasteiger partial charge in [-0.2, -0.15) is 0 Å². The van der Waals surface area contributed by atoms with Gasteiger partial charge in [0.05, 0.1) is 18.4 Å². The monoisotopic (exact) mass is 284 g/mol. The third-order valence-corrected chi connectivity index (χ3v) is 3.25. The van der Waals surface area contributed by atoms with Crippen molar-refractivity contribution in [3.05, 3.63) is 54.1 Å². The third kappa shape index (κ3) is 4.02. The van der Waals surface area contributed by atoms with Gasteiger partial charge < -0.3 is 10.2 Å². The summed E-state index contributed by atoms with van der Waals surface area (Å²) >= 11 is 0. The first-order valence-electron chi connectivity index (χ1n) is 7.12. The summed E-state index contributed by atoms with van der Waals surface area (Å²) in [5.74, 6) is 0.0585. The molecule has 0 aliphatic rings. The second-order valence-corrected chi connectivity index (χ2v) is 4.61. The first-order valence-corrected chi connectivity index (χ1v) is 7.12. The van der Waals surface area contributed by atoms with Gasteiger partial charge in [0.15, 0.2) is 0 Å². The lowest BCUT2D eigenvalue weighted by molar-refractivity contribution is 0.0773. The van der Waals surface area contributed by atoms with Gasteiger partial charge >= 0.3 is 0 Å². The fraction of sp³-hybridized carbons (Fsp3) is 0.312. The largest absolute Gasteiger partial charge is 0.379 e. The summed E-state index contributed by atoms with van der Waals surface area (Å²) in [7, 11) is 0. The number of rotatable bonds is 6. The molecule has 2 rings (SSSR count). The summed E-state index contributed by atoms with van der Waals surface area (Å²) in [6, 6.07) is 7.54. The molecule has 0 bridgehead atoms. The molecule has 0 saturated heterocycles. The fourth-order valence-electron chi connectivity index (χ4n) is 2.07. The quantitative estimate of drug-likeness (QED) is 0.885. The van der Waals surface area contributed by atoms with Crippen LogP contribution in [0.1, 0.15) is 29.9 Å². The van der Waals surface area contributed by atoms with Crippen molar-refractivity contribution in [1.82, 2.24) is 14.9 Å². The summed E-state index contributed by atoms with van der Waals surface area (Å²) in [5.41, 5.74) is 2.46. The van der Waals surface area contributed by atoms with Crippen LogP contribution < -0.4 is 5.32 Å². The van der Waals surface area contributed by atoms with Gasteiger partial charge in [-0.3, -0.25) is 14.8 Å². The van der Waals surface area contributed by atoms with Crippen LogP contribution in [-0.4, -0.2) is 33.9 Å². The Balaban J connectivity index is 2.05. The van der Waals surface area contributed by atoms with Crippen molar-refractivity contribution in [1.29, 1.82) is 0 Å². The standard InChI is InChI=1S/C16H20N4O/c1-3-20(4-2)16(21)13-6-5-7-14(10-13)19-12-15-11-17-8-9-18-15/h5-11,19H,3-4,12H2,1-2H3. The van der Waals surface area contributed by atoms with E-state index in [0.717, 1.165) is 11.4 Å². The number of nitrogens with one attached hydrogen (secondary N) is 1. The molecule has 110 valence electrons. The summed E-state index contributed by atoms with van der Waals surface area (Å²) < 4.78 is 0. The van der Waals surface area contributed by atoms with E-state index in [4.69, 9.17) is 0 Å². The number of aromatic nitrogens is 2. The van der Waals surface area contributed by atoms with Crippen LogP contribution >= 0.6 is 0 Å². The molecular weight excluding hydrogens is 264 g/mol. The molecule has 0 aliphatic carbocycles. The zero-order valence-corrected chi connectivity index (χ0v) is 12.4.